The summed E-state index contributed by atoms with van der Waals surface area (Å²) < 4.78 is 11.0. The van der Waals surface area contributed by atoms with E-state index in [1.54, 1.807) is 25.3 Å². The number of hydrogen-bond acceptors (Lipinski definition) is 5. The molecule has 1 aliphatic rings. The number of amides is 2. The zero-order chi connectivity index (χ0) is 19.5. The number of piperazine rings is 1. The predicted octanol–water partition coefficient (Wildman–Crippen LogP) is 3.84. The van der Waals surface area contributed by atoms with Crippen LogP contribution in [-0.4, -0.2) is 54.1 Å². The van der Waals surface area contributed by atoms with Gasteiger partial charge in [0.15, 0.2) is 5.58 Å². The first-order valence-corrected chi connectivity index (χ1v) is 9.46. The highest BCUT2D eigenvalue weighted by atomic mass is 35.5. The molecule has 7 nitrogen and oxygen atoms in total. The van der Waals surface area contributed by atoms with Gasteiger partial charge in [0.05, 0.1) is 13.7 Å². The normalized spacial score (nSPS) is 15.0. The average Bonchev–Trinajstić information content (AvgIpc) is 3.10. The van der Waals surface area contributed by atoms with Crippen molar-refractivity contribution in [1.82, 2.24) is 14.8 Å². The lowest BCUT2D eigenvalue weighted by Gasteiger charge is -2.34. The van der Waals surface area contributed by atoms with Gasteiger partial charge in [0.2, 0.25) is 5.89 Å². The van der Waals surface area contributed by atoms with Gasteiger partial charge in [-0.25, -0.2) is 9.78 Å². The van der Waals surface area contributed by atoms with Gasteiger partial charge in [-0.1, -0.05) is 17.7 Å². The van der Waals surface area contributed by atoms with Gasteiger partial charge in [-0.15, -0.1) is 0 Å². The number of carbonyl (C=O) groups is 1. The number of benzene rings is 2. The minimum atomic E-state index is -0.107. The Morgan fingerprint density at radius 3 is 2.82 bits per heavy atom. The zero-order valence-electron chi connectivity index (χ0n) is 15.5. The maximum absolute atomic E-state index is 12.5. The summed E-state index contributed by atoms with van der Waals surface area (Å²) in [6.45, 7) is 3.40. The summed E-state index contributed by atoms with van der Waals surface area (Å²) in [4.78, 5) is 21.0. The highest BCUT2D eigenvalue weighted by molar-refractivity contribution is 6.31. The molecule has 8 heteroatoms. The maximum atomic E-state index is 12.5. The number of hydrogen-bond donors (Lipinski definition) is 1. The van der Waals surface area contributed by atoms with Crippen molar-refractivity contribution in [2.45, 2.75) is 6.54 Å². The topological polar surface area (TPSA) is 70.8 Å². The van der Waals surface area contributed by atoms with Crippen LogP contribution in [0.1, 0.15) is 5.89 Å². The molecule has 0 spiro atoms. The first kappa shape index (κ1) is 18.6. The smallest absolute Gasteiger partial charge is 0.321 e. The van der Waals surface area contributed by atoms with Gasteiger partial charge in [-0.3, -0.25) is 4.90 Å². The van der Waals surface area contributed by atoms with Crippen LogP contribution in [0.5, 0.6) is 5.75 Å². The van der Waals surface area contributed by atoms with E-state index in [1.807, 2.05) is 29.2 Å². The van der Waals surface area contributed by atoms with Crippen LogP contribution < -0.4 is 10.1 Å². The van der Waals surface area contributed by atoms with Crippen LogP contribution in [0.3, 0.4) is 0 Å². The molecule has 28 heavy (non-hydrogen) atoms. The first-order chi connectivity index (χ1) is 13.6. The zero-order valence-corrected chi connectivity index (χ0v) is 16.3. The Balaban J connectivity index is 1.31. The summed E-state index contributed by atoms with van der Waals surface area (Å²) in [6, 6.07) is 12.7. The molecule has 0 atom stereocenters. The van der Waals surface area contributed by atoms with E-state index >= 15 is 0 Å². The number of nitrogens with zero attached hydrogens (tertiary/aromatic N) is 3. The van der Waals surface area contributed by atoms with E-state index in [1.165, 1.54) is 0 Å². The minimum absolute atomic E-state index is 0.107. The van der Waals surface area contributed by atoms with Gasteiger partial charge >= 0.3 is 6.03 Å². The number of carbonyl (C=O) groups excluding carboxylic acids is 1. The van der Waals surface area contributed by atoms with E-state index in [0.717, 1.165) is 24.3 Å². The van der Waals surface area contributed by atoms with Crippen LogP contribution in [0.25, 0.3) is 11.1 Å². The van der Waals surface area contributed by atoms with Crippen molar-refractivity contribution in [3.05, 3.63) is 53.4 Å². The van der Waals surface area contributed by atoms with E-state index in [9.17, 15) is 4.79 Å². The molecule has 1 N–H and O–H groups in total. The Morgan fingerprint density at radius 1 is 1.21 bits per heavy atom. The van der Waals surface area contributed by atoms with Crippen molar-refractivity contribution in [3.8, 4) is 5.75 Å². The standard InChI is InChI=1S/C20H21ClN4O3/c1-27-16-4-2-3-15(12-16)22-20(26)25-9-7-24(8-10-25)13-19-23-17-6-5-14(21)11-18(17)28-19/h2-6,11-12H,7-10,13H2,1H3,(H,22,26). The van der Waals surface area contributed by atoms with Crippen molar-refractivity contribution in [3.63, 3.8) is 0 Å². The van der Waals surface area contributed by atoms with Crippen LogP contribution in [0, 0.1) is 0 Å². The number of nitrogens with one attached hydrogen (secondary N) is 1. The molecular formula is C20H21ClN4O3. The molecule has 4 rings (SSSR count). The van der Waals surface area contributed by atoms with E-state index < -0.39 is 0 Å². The molecule has 3 aromatic rings. The largest absolute Gasteiger partial charge is 0.497 e. The Hall–Kier alpha value is -2.77. The van der Waals surface area contributed by atoms with Gasteiger partial charge < -0.3 is 19.4 Å². The molecule has 1 fully saturated rings. The molecule has 2 aromatic carbocycles. The van der Waals surface area contributed by atoms with Crippen LogP contribution in [0.2, 0.25) is 5.02 Å². The van der Waals surface area contributed by atoms with Crippen molar-refractivity contribution < 1.29 is 13.9 Å². The van der Waals surface area contributed by atoms with Gasteiger partial charge in [-0.05, 0) is 24.3 Å². The lowest BCUT2D eigenvalue weighted by atomic mass is 10.3. The minimum Gasteiger partial charge on any atom is -0.497 e. The van der Waals surface area contributed by atoms with Crippen molar-refractivity contribution in [1.29, 1.82) is 0 Å². The van der Waals surface area contributed by atoms with Crippen molar-refractivity contribution >= 4 is 34.4 Å². The van der Waals surface area contributed by atoms with Crippen LogP contribution in [-0.2, 0) is 6.54 Å². The van der Waals surface area contributed by atoms with E-state index in [0.29, 0.717) is 41.9 Å². The number of methoxy groups -OCH3 is 1. The van der Waals surface area contributed by atoms with Gasteiger partial charge in [-0.2, -0.15) is 0 Å². The SMILES string of the molecule is COc1cccc(NC(=O)N2CCN(Cc3nc4ccc(Cl)cc4o3)CC2)c1. The lowest BCUT2D eigenvalue weighted by molar-refractivity contribution is 0.136. The number of halogens is 1. The first-order valence-electron chi connectivity index (χ1n) is 9.08. The van der Waals surface area contributed by atoms with E-state index in [4.69, 9.17) is 20.8 Å². The second kappa shape index (κ2) is 8.08. The van der Waals surface area contributed by atoms with Crippen molar-refractivity contribution in [2.75, 3.05) is 38.6 Å². The third-order valence-corrected chi connectivity index (χ3v) is 4.97. The summed E-state index contributed by atoms with van der Waals surface area (Å²) >= 11 is 5.99. The number of anilines is 1. The average molecular weight is 401 g/mol. The molecule has 1 aromatic heterocycles. The highest BCUT2D eigenvalue weighted by Crippen LogP contribution is 2.21. The number of fused-ring (bicyclic) bond motifs is 1. The fraction of sp³-hybridized carbons (Fsp3) is 0.300. The fourth-order valence-corrected chi connectivity index (χ4v) is 3.38. The monoisotopic (exact) mass is 400 g/mol. The lowest BCUT2D eigenvalue weighted by Crippen LogP contribution is -2.49. The molecule has 1 saturated heterocycles. The molecule has 1 aliphatic heterocycles. The molecule has 2 amide bonds. The Bertz CT molecular complexity index is 982. The number of oxazole rings is 1. The quantitative estimate of drug-likeness (QED) is 0.720. The molecule has 0 bridgehead atoms. The fourth-order valence-electron chi connectivity index (χ4n) is 3.22. The van der Waals surface area contributed by atoms with Crippen LogP contribution in [0.15, 0.2) is 46.9 Å². The Labute approximate surface area is 167 Å². The molecule has 146 valence electrons. The molecule has 0 unspecified atom stereocenters. The van der Waals surface area contributed by atoms with Gasteiger partial charge in [0, 0.05) is 49.0 Å². The number of aromatic nitrogens is 1. The summed E-state index contributed by atoms with van der Waals surface area (Å²) in [5.41, 5.74) is 2.21. The number of ether oxygens (including phenoxy) is 1. The van der Waals surface area contributed by atoms with Gasteiger partial charge in [0.1, 0.15) is 11.3 Å². The van der Waals surface area contributed by atoms with Crippen LogP contribution >= 0.6 is 11.6 Å². The molecule has 0 radical (unpaired) electrons. The van der Waals surface area contributed by atoms with Gasteiger partial charge in [0.25, 0.3) is 0 Å². The second-order valence-corrected chi connectivity index (χ2v) is 7.08. The Morgan fingerprint density at radius 2 is 2.04 bits per heavy atom. The number of urea groups is 1. The van der Waals surface area contributed by atoms with Crippen molar-refractivity contribution in [2.24, 2.45) is 0 Å². The Kier molecular flexibility index (Phi) is 5.36. The van der Waals surface area contributed by atoms with E-state index in [-0.39, 0.29) is 6.03 Å². The summed E-state index contributed by atoms with van der Waals surface area (Å²) in [7, 11) is 1.60. The molecular weight excluding hydrogens is 380 g/mol. The summed E-state index contributed by atoms with van der Waals surface area (Å²) in [5, 5.41) is 3.55. The summed E-state index contributed by atoms with van der Waals surface area (Å²) in [6.07, 6.45) is 0. The number of rotatable bonds is 4. The molecule has 0 saturated carbocycles. The molecule has 2 heterocycles. The molecule has 0 aliphatic carbocycles. The highest BCUT2D eigenvalue weighted by Gasteiger charge is 2.22. The third-order valence-electron chi connectivity index (χ3n) is 4.73. The third kappa shape index (κ3) is 4.21. The predicted molar refractivity (Wildman–Crippen MR) is 108 cm³/mol. The second-order valence-electron chi connectivity index (χ2n) is 6.64. The van der Waals surface area contributed by atoms with E-state index in [2.05, 4.69) is 15.2 Å². The van der Waals surface area contributed by atoms with Crippen LogP contribution in [0.4, 0.5) is 10.5 Å². The maximum Gasteiger partial charge on any atom is 0.321 e. The summed E-state index contributed by atoms with van der Waals surface area (Å²) in [5.74, 6) is 1.37.